The summed E-state index contributed by atoms with van der Waals surface area (Å²) in [6, 6.07) is 4.40. The van der Waals surface area contributed by atoms with Crippen molar-refractivity contribution in [1.82, 2.24) is 4.98 Å². The third-order valence-electron chi connectivity index (χ3n) is 2.30. The van der Waals surface area contributed by atoms with Crippen LogP contribution < -0.4 is 0 Å². The van der Waals surface area contributed by atoms with Crippen molar-refractivity contribution in [2.75, 3.05) is 0 Å². The van der Waals surface area contributed by atoms with Gasteiger partial charge in [-0.1, -0.05) is 0 Å². The minimum Gasteiger partial charge on any atom is -0.256 e. The Kier molecular flexibility index (Phi) is 3.02. The van der Waals surface area contributed by atoms with Gasteiger partial charge in [-0.05, 0) is 30.3 Å². The Morgan fingerprint density at radius 1 is 0.889 bits per heavy atom. The van der Waals surface area contributed by atoms with Crippen molar-refractivity contribution >= 4 is 0 Å². The van der Waals surface area contributed by atoms with Gasteiger partial charge < -0.3 is 0 Å². The molecule has 94 valence electrons. The minimum atomic E-state index is -4.50. The molecule has 2 aromatic rings. The largest absolute Gasteiger partial charge is 0.416 e. The number of alkyl halides is 3. The zero-order chi connectivity index (χ0) is 13.3. The number of benzene rings is 1. The van der Waals surface area contributed by atoms with E-state index in [-0.39, 0.29) is 11.3 Å². The number of aromatic nitrogens is 1. The van der Waals surface area contributed by atoms with Gasteiger partial charge in [0, 0.05) is 11.8 Å². The summed E-state index contributed by atoms with van der Waals surface area (Å²) in [5, 5.41) is 0. The summed E-state index contributed by atoms with van der Waals surface area (Å²) < 4.78 is 63.1. The van der Waals surface area contributed by atoms with Gasteiger partial charge in [0.05, 0.1) is 11.3 Å². The van der Waals surface area contributed by atoms with Crippen LogP contribution in [0.4, 0.5) is 22.0 Å². The van der Waals surface area contributed by atoms with Crippen LogP contribution in [0.3, 0.4) is 0 Å². The van der Waals surface area contributed by atoms with Crippen LogP contribution in [0.2, 0.25) is 0 Å². The number of hydrogen-bond donors (Lipinski definition) is 0. The van der Waals surface area contributed by atoms with E-state index in [1.165, 1.54) is 6.07 Å². The Morgan fingerprint density at radius 3 is 2.22 bits per heavy atom. The van der Waals surface area contributed by atoms with E-state index in [1.54, 1.807) is 0 Å². The first kappa shape index (κ1) is 12.5. The molecule has 0 spiro atoms. The van der Waals surface area contributed by atoms with Gasteiger partial charge in [0.2, 0.25) is 0 Å². The van der Waals surface area contributed by atoms with Crippen LogP contribution in [-0.4, -0.2) is 4.98 Å². The predicted octanol–water partition coefficient (Wildman–Crippen LogP) is 4.05. The van der Waals surface area contributed by atoms with Gasteiger partial charge >= 0.3 is 6.18 Å². The fraction of sp³-hybridized carbons (Fsp3) is 0.0833. The maximum atomic E-state index is 13.0. The van der Waals surface area contributed by atoms with E-state index in [2.05, 4.69) is 4.98 Å². The van der Waals surface area contributed by atoms with Crippen LogP contribution in [0.25, 0.3) is 11.3 Å². The average Bonchev–Trinajstić information content (AvgIpc) is 2.32. The monoisotopic (exact) mass is 259 g/mol. The summed E-state index contributed by atoms with van der Waals surface area (Å²) in [6.45, 7) is 0. The van der Waals surface area contributed by atoms with E-state index >= 15 is 0 Å². The highest BCUT2D eigenvalue weighted by Crippen LogP contribution is 2.31. The molecule has 1 nitrogen and oxygen atoms in total. The second kappa shape index (κ2) is 4.36. The zero-order valence-corrected chi connectivity index (χ0v) is 8.80. The first-order valence-electron chi connectivity index (χ1n) is 4.86. The molecule has 0 saturated carbocycles. The van der Waals surface area contributed by atoms with E-state index < -0.39 is 23.4 Å². The molecule has 0 aliphatic rings. The summed E-state index contributed by atoms with van der Waals surface area (Å²) in [4.78, 5) is 3.70. The number of nitrogens with zero attached hydrogens (tertiary/aromatic N) is 1. The van der Waals surface area contributed by atoms with Gasteiger partial charge in [-0.2, -0.15) is 13.2 Å². The highest BCUT2D eigenvalue weighted by molar-refractivity contribution is 5.59. The summed E-state index contributed by atoms with van der Waals surface area (Å²) in [6.07, 6.45) is -3.53. The van der Waals surface area contributed by atoms with Crippen molar-refractivity contribution in [2.45, 2.75) is 6.18 Å². The molecule has 0 fully saturated rings. The predicted molar refractivity (Wildman–Crippen MR) is 54.6 cm³/mol. The summed E-state index contributed by atoms with van der Waals surface area (Å²) in [5.41, 5.74) is -0.874. The van der Waals surface area contributed by atoms with E-state index in [9.17, 15) is 22.0 Å². The second-order valence-electron chi connectivity index (χ2n) is 3.56. The maximum absolute atomic E-state index is 13.0. The molecule has 18 heavy (non-hydrogen) atoms. The lowest BCUT2D eigenvalue weighted by Gasteiger charge is -2.08. The molecule has 1 aromatic carbocycles. The molecule has 0 bridgehead atoms. The van der Waals surface area contributed by atoms with E-state index in [1.807, 2.05) is 0 Å². The smallest absolute Gasteiger partial charge is 0.256 e. The lowest BCUT2D eigenvalue weighted by molar-refractivity contribution is -0.137. The van der Waals surface area contributed by atoms with E-state index in [4.69, 9.17) is 0 Å². The molecule has 6 heteroatoms. The maximum Gasteiger partial charge on any atom is 0.416 e. The van der Waals surface area contributed by atoms with Gasteiger partial charge in [0.15, 0.2) is 11.6 Å². The number of pyridine rings is 1. The standard InChI is InChI=1S/C12H6F5N/c13-9-2-1-7(5-10(9)14)11-6-8(3-4-18-11)12(15,16)17/h1-6H. The van der Waals surface area contributed by atoms with Gasteiger partial charge in [0.1, 0.15) is 0 Å². The molecule has 1 heterocycles. The van der Waals surface area contributed by atoms with Crippen LogP contribution in [-0.2, 0) is 6.18 Å². The fourth-order valence-corrected chi connectivity index (χ4v) is 1.42. The molecule has 1 aromatic heterocycles. The lowest BCUT2D eigenvalue weighted by atomic mass is 10.1. The topological polar surface area (TPSA) is 12.9 Å². The van der Waals surface area contributed by atoms with Crippen LogP contribution >= 0.6 is 0 Å². The third kappa shape index (κ3) is 2.47. The first-order chi connectivity index (χ1) is 8.38. The zero-order valence-electron chi connectivity index (χ0n) is 8.80. The highest BCUT2D eigenvalue weighted by atomic mass is 19.4. The lowest BCUT2D eigenvalue weighted by Crippen LogP contribution is -2.05. The number of hydrogen-bond acceptors (Lipinski definition) is 1. The third-order valence-corrected chi connectivity index (χ3v) is 2.30. The molecule has 2 rings (SSSR count). The Hall–Kier alpha value is -1.98. The average molecular weight is 259 g/mol. The van der Waals surface area contributed by atoms with Crippen LogP contribution in [0.15, 0.2) is 36.5 Å². The molecule has 0 radical (unpaired) electrons. The molecule has 0 saturated heterocycles. The summed E-state index contributed by atoms with van der Waals surface area (Å²) in [5.74, 6) is -2.20. The van der Waals surface area contributed by atoms with Crippen molar-refractivity contribution in [3.05, 3.63) is 53.7 Å². The van der Waals surface area contributed by atoms with Gasteiger partial charge in [-0.25, -0.2) is 8.78 Å². The molecular weight excluding hydrogens is 253 g/mol. The Morgan fingerprint density at radius 2 is 1.61 bits per heavy atom. The molecule has 0 aliphatic heterocycles. The van der Waals surface area contributed by atoms with Crippen LogP contribution in [0.1, 0.15) is 5.56 Å². The second-order valence-corrected chi connectivity index (χ2v) is 3.56. The van der Waals surface area contributed by atoms with Gasteiger partial charge in [0.25, 0.3) is 0 Å². The first-order valence-corrected chi connectivity index (χ1v) is 4.86. The molecule has 0 N–H and O–H groups in total. The van der Waals surface area contributed by atoms with E-state index in [0.717, 1.165) is 30.5 Å². The molecule has 0 amide bonds. The fourth-order valence-electron chi connectivity index (χ4n) is 1.42. The summed E-state index contributed by atoms with van der Waals surface area (Å²) in [7, 11) is 0. The van der Waals surface area contributed by atoms with E-state index in [0.29, 0.717) is 0 Å². The molecule has 0 aliphatic carbocycles. The molecule has 0 unspecified atom stereocenters. The van der Waals surface area contributed by atoms with Crippen molar-refractivity contribution in [3.8, 4) is 11.3 Å². The Labute approximate surface area is 98.9 Å². The Bertz CT molecular complexity index is 577. The molecular formula is C12H6F5N. The van der Waals surface area contributed by atoms with Crippen LogP contribution in [0.5, 0.6) is 0 Å². The highest BCUT2D eigenvalue weighted by Gasteiger charge is 2.30. The number of rotatable bonds is 1. The molecule has 0 atom stereocenters. The minimum absolute atomic E-state index is 0.0660. The van der Waals surface area contributed by atoms with Gasteiger partial charge in [-0.3, -0.25) is 4.98 Å². The normalized spacial score (nSPS) is 11.6. The van der Waals surface area contributed by atoms with Crippen molar-refractivity contribution < 1.29 is 22.0 Å². The number of halogens is 5. The summed E-state index contributed by atoms with van der Waals surface area (Å²) >= 11 is 0. The van der Waals surface area contributed by atoms with Crippen LogP contribution in [0, 0.1) is 11.6 Å². The van der Waals surface area contributed by atoms with Gasteiger partial charge in [-0.15, -0.1) is 0 Å². The SMILES string of the molecule is Fc1ccc(-c2cc(C(F)(F)F)ccn2)cc1F. The Balaban J connectivity index is 2.48. The van der Waals surface area contributed by atoms with Crippen molar-refractivity contribution in [3.63, 3.8) is 0 Å². The quantitative estimate of drug-likeness (QED) is 0.704. The van der Waals surface area contributed by atoms with Crippen molar-refractivity contribution in [1.29, 1.82) is 0 Å². The van der Waals surface area contributed by atoms with Crippen molar-refractivity contribution in [2.24, 2.45) is 0 Å².